The maximum absolute atomic E-state index is 13.5. The van der Waals surface area contributed by atoms with Gasteiger partial charge >= 0.3 is 0 Å². The summed E-state index contributed by atoms with van der Waals surface area (Å²) in [6.45, 7) is 0.312. The maximum Gasteiger partial charge on any atom is 0.250 e. The molecule has 0 bridgehead atoms. The maximum atomic E-state index is 13.5. The van der Waals surface area contributed by atoms with E-state index in [0.29, 0.717) is 18.7 Å². The lowest BCUT2D eigenvalue weighted by Gasteiger charge is -2.07. The predicted molar refractivity (Wildman–Crippen MR) is 77.4 cm³/mol. The molecule has 0 aliphatic carbocycles. The smallest absolute Gasteiger partial charge is 0.250 e. The van der Waals surface area contributed by atoms with Crippen LogP contribution in [0.1, 0.15) is 6.42 Å². The Morgan fingerprint density at radius 1 is 1.19 bits per heavy atom. The highest BCUT2D eigenvalue weighted by Crippen LogP contribution is 2.15. The van der Waals surface area contributed by atoms with Gasteiger partial charge in [-0.25, -0.2) is 8.78 Å². The van der Waals surface area contributed by atoms with E-state index < -0.39 is 22.4 Å². The van der Waals surface area contributed by atoms with Crippen molar-refractivity contribution in [1.29, 1.82) is 0 Å². The molecule has 0 spiro atoms. The molecule has 1 atom stereocenters. The second-order valence-electron chi connectivity index (χ2n) is 4.47. The molecule has 0 fully saturated rings. The van der Waals surface area contributed by atoms with Gasteiger partial charge in [0.1, 0.15) is 11.6 Å². The molecule has 0 saturated heterocycles. The van der Waals surface area contributed by atoms with Crippen molar-refractivity contribution in [2.75, 3.05) is 11.5 Å². The van der Waals surface area contributed by atoms with E-state index in [1.807, 2.05) is 0 Å². The minimum absolute atomic E-state index is 0.127. The van der Waals surface area contributed by atoms with Crippen molar-refractivity contribution in [2.45, 2.75) is 17.9 Å². The molecule has 2 N–H and O–H groups in total. The first kappa shape index (κ1) is 15.4. The third-order valence-corrected chi connectivity index (χ3v) is 4.34. The lowest BCUT2D eigenvalue weighted by atomic mass is 10.3. The van der Waals surface area contributed by atoms with Crippen LogP contribution in [0.3, 0.4) is 0 Å². The molecular weight excluding hydrogens is 298 g/mol. The number of aromatic nitrogens is 1. The first-order valence-corrected chi connectivity index (χ1v) is 7.58. The number of anilines is 1. The predicted octanol–water partition coefficient (Wildman–Crippen LogP) is 1.91. The van der Waals surface area contributed by atoms with Crippen molar-refractivity contribution in [2.24, 2.45) is 0 Å². The average Bonchev–Trinajstić information content (AvgIpc) is 2.45. The third-order valence-electron chi connectivity index (χ3n) is 2.87. The molecule has 0 aliphatic heterocycles. The summed E-state index contributed by atoms with van der Waals surface area (Å²) in [5.74, 6) is -1.20. The number of rotatable bonds is 5. The van der Waals surface area contributed by atoms with E-state index in [0.717, 1.165) is 18.2 Å². The molecule has 1 unspecified atom stereocenters. The van der Waals surface area contributed by atoms with Gasteiger partial charge in [0.15, 0.2) is 0 Å². The summed E-state index contributed by atoms with van der Waals surface area (Å²) in [7, 11) is -1.65. The van der Waals surface area contributed by atoms with Crippen LogP contribution in [0.2, 0.25) is 0 Å². The van der Waals surface area contributed by atoms with Crippen molar-refractivity contribution < 1.29 is 13.0 Å². The lowest BCUT2D eigenvalue weighted by molar-refractivity contribution is 0.571. The number of aryl methyl sites for hydroxylation is 1. The zero-order valence-corrected chi connectivity index (χ0v) is 11.9. The van der Waals surface area contributed by atoms with Gasteiger partial charge in [-0.05, 0) is 30.7 Å². The highest BCUT2D eigenvalue weighted by Gasteiger charge is 2.11. The van der Waals surface area contributed by atoms with Crippen molar-refractivity contribution in [1.82, 2.24) is 4.57 Å². The molecule has 0 saturated carbocycles. The summed E-state index contributed by atoms with van der Waals surface area (Å²) in [4.78, 5) is 11.4. The van der Waals surface area contributed by atoms with Gasteiger partial charge in [-0.1, -0.05) is 0 Å². The van der Waals surface area contributed by atoms with Gasteiger partial charge in [-0.15, -0.1) is 0 Å². The second-order valence-corrected chi connectivity index (χ2v) is 6.01. The zero-order chi connectivity index (χ0) is 15.4. The van der Waals surface area contributed by atoms with E-state index in [1.54, 1.807) is 0 Å². The number of benzene rings is 1. The summed E-state index contributed by atoms with van der Waals surface area (Å²) in [6.07, 6.45) is 1.87. The van der Waals surface area contributed by atoms with Crippen LogP contribution in [-0.4, -0.2) is 14.5 Å². The van der Waals surface area contributed by atoms with Gasteiger partial charge < -0.3 is 10.3 Å². The van der Waals surface area contributed by atoms with Crippen LogP contribution >= 0.6 is 0 Å². The summed E-state index contributed by atoms with van der Waals surface area (Å²) in [5.41, 5.74) is 5.81. The number of nitrogens with zero attached hydrogens (tertiary/aromatic N) is 1. The van der Waals surface area contributed by atoms with Crippen molar-refractivity contribution in [3.05, 3.63) is 58.5 Å². The number of nitrogen functional groups attached to an aromatic ring is 1. The Bertz CT molecular complexity index is 731. The van der Waals surface area contributed by atoms with Crippen LogP contribution in [0.4, 0.5) is 14.5 Å². The summed E-state index contributed by atoms with van der Waals surface area (Å²) < 4.78 is 39.8. The van der Waals surface area contributed by atoms with Crippen LogP contribution in [-0.2, 0) is 17.3 Å². The molecule has 1 aromatic heterocycles. The molecule has 2 rings (SSSR count). The van der Waals surface area contributed by atoms with Gasteiger partial charge in [-0.2, -0.15) is 0 Å². The van der Waals surface area contributed by atoms with Crippen molar-refractivity contribution in [3.8, 4) is 0 Å². The fraction of sp³-hybridized carbons (Fsp3) is 0.214. The normalized spacial score (nSPS) is 12.3. The Labute approximate surface area is 122 Å². The number of halogens is 2. The average molecular weight is 312 g/mol. The molecular formula is C14H14F2N2O2S. The van der Waals surface area contributed by atoms with Crippen LogP contribution in [0.15, 0.2) is 46.2 Å². The summed E-state index contributed by atoms with van der Waals surface area (Å²) >= 11 is 0. The van der Waals surface area contributed by atoms with Crippen LogP contribution < -0.4 is 11.3 Å². The van der Waals surface area contributed by atoms with E-state index in [1.165, 1.54) is 22.9 Å². The highest BCUT2D eigenvalue weighted by molar-refractivity contribution is 7.85. The van der Waals surface area contributed by atoms with Gasteiger partial charge in [-0.3, -0.25) is 9.00 Å². The molecule has 0 aliphatic rings. The molecule has 112 valence electrons. The van der Waals surface area contributed by atoms with Gasteiger partial charge in [0.2, 0.25) is 0 Å². The molecule has 1 heterocycles. The Morgan fingerprint density at radius 2 is 1.95 bits per heavy atom. The molecule has 2 aromatic rings. The largest absolute Gasteiger partial charge is 0.398 e. The molecule has 0 radical (unpaired) electrons. The summed E-state index contributed by atoms with van der Waals surface area (Å²) in [5, 5.41) is 0. The molecule has 7 heteroatoms. The first-order valence-electron chi connectivity index (χ1n) is 6.27. The van der Waals surface area contributed by atoms with Crippen LogP contribution in [0, 0.1) is 11.6 Å². The standard InChI is InChI=1S/C14H14F2N2O2S/c15-10-2-4-12(16)13(8-10)21(20)7-1-6-18-9-11(17)3-5-14(18)19/h2-5,8-9H,1,6-7,17H2. The minimum atomic E-state index is -1.65. The number of hydrogen-bond donors (Lipinski definition) is 1. The third kappa shape index (κ3) is 3.98. The van der Waals surface area contributed by atoms with Crippen molar-refractivity contribution in [3.63, 3.8) is 0 Å². The molecule has 1 aromatic carbocycles. The Morgan fingerprint density at radius 3 is 2.71 bits per heavy atom. The quantitative estimate of drug-likeness (QED) is 0.917. The van der Waals surface area contributed by atoms with Crippen LogP contribution in [0.5, 0.6) is 0 Å². The topological polar surface area (TPSA) is 65.1 Å². The fourth-order valence-electron chi connectivity index (χ4n) is 1.85. The number of hydrogen-bond acceptors (Lipinski definition) is 3. The SMILES string of the molecule is Nc1ccc(=O)n(CCCS(=O)c2cc(F)ccc2F)c1. The van der Waals surface area contributed by atoms with E-state index >= 15 is 0 Å². The van der Waals surface area contributed by atoms with Crippen LogP contribution in [0.25, 0.3) is 0 Å². The fourth-order valence-corrected chi connectivity index (χ4v) is 2.99. The van der Waals surface area contributed by atoms with E-state index in [9.17, 15) is 17.8 Å². The van der Waals surface area contributed by atoms with Gasteiger partial charge in [0, 0.05) is 30.2 Å². The zero-order valence-electron chi connectivity index (χ0n) is 11.1. The second kappa shape index (κ2) is 6.62. The van der Waals surface area contributed by atoms with E-state index in [4.69, 9.17) is 5.73 Å². The summed E-state index contributed by atoms with van der Waals surface area (Å²) in [6, 6.07) is 5.70. The number of nitrogens with two attached hydrogens (primary N) is 1. The molecule has 4 nitrogen and oxygen atoms in total. The van der Waals surface area contributed by atoms with Gasteiger partial charge in [0.25, 0.3) is 5.56 Å². The first-order chi connectivity index (χ1) is 9.97. The number of pyridine rings is 1. The minimum Gasteiger partial charge on any atom is -0.398 e. The Hall–Kier alpha value is -2.02. The Balaban J connectivity index is 2.00. The van der Waals surface area contributed by atoms with Crippen molar-refractivity contribution >= 4 is 16.5 Å². The Kier molecular flexibility index (Phi) is 4.85. The molecule has 0 amide bonds. The van der Waals surface area contributed by atoms with E-state index in [-0.39, 0.29) is 16.2 Å². The highest BCUT2D eigenvalue weighted by atomic mass is 32.2. The van der Waals surface area contributed by atoms with Gasteiger partial charge in [0.05, 0.1) is 15.7 Å². The lowest BCUT2D eigenvalue weighted by Crippen LogP contribution is -2.20. The monoisotopic (exact) mass is 312 g/mol. The molecule has 21 heavy (non-hydrogen) atoms. The van der Waals surface area contributed by atoms with E-state index in [2.05, 4.69) is 0 Å².